The van der Waals surface area contributed by atoms with Gasteiger partial charge < -0.3 is 18.8 Å². The molecule has 1 aliphatic rings. The topological polar surface area (TPSA) is 65.3 Å². The van der Waals surface area contributed by atoms with E-state index < -0.39 is 0 Å². The van der Waals surface area contributed by atoms with Crippen LogP contribution in [0.1, 0.15) is 12.5 Å². The highest BCUT2D eigenvalue weighted by Gasteiger charge is 2.30. The normalized spacial score (nSPS) is 15.6. The molecule has 7 nitrogen and oxygen atoms in total. The summed E-state index contributed by atoms with van der Waals surface area (Å²) >= 11 is 1.38. The first-order chi connectivity index (χ1) is 18.6. The van der Waals surface area contributed by atoms with Gasteiger partial charge in [-0.3, -0.25) is 9.69 Å². The number of ether oxygens (including phenoxy) is 3. The standard InChI is InChI=1S/C30H29N3O4S/c1-4-36-23-15-13-22(14-16-23)31-30-32(2)29(34)28(38-30)19-21-20-33(25-10-6-5-9-24(21)25)17-18-37-27-12-8-7-11-26(27)35-3/h5-16,19-20H,4,17-18H2,1-3H3/b28-19+,31-30?. The summed E-state index contributed by atoms with van der Waals surface area (Å²) in [5.41, 5.74) is 2.82. The molecule has 3 aromatic carbocycles. The Kier molecular flexibility index (Phi) is 7.70. The van der Waals surface area contributed by atoms with Crippen LogP contribution in [0.5, 0.6) is 17.2 Å². The highest BCUT2D eigenvalue weighted by molar-refractivity contribution is 8.18. The molecular weight excluding hydrogens is 498 g/mol. The summed E-state index contributed by atoms with van der Waals surface area (Å²) in [7, 11) is 3.39. The largest absolute Gasteiger partial charge is 0.494 e. The van der Waals surface area contributed by atoms with E-state index in [0.29, 0.717) is 41.3 Å². The van der Waals surface area contributed by atoms with Gasteiger partial charge in [-0.15, -0.1) is 0 Å². The number of amidine groups is 1. The van der Waals surface area contributed by atoms with Crippen molar-refractivity contribution in [3.8, 4) is 17.2 Å². The zero-order valence-electron chi connectivity index (χ0n) is 21.6. The maximum Gasteiger partial charge on any atom is 0.266 e. The van der Waals surface area contributed by atoms with Gasteiger partial charge in [-0.25, -0.2) is 4.99 Å². The lowest BCUT2D eigenvalue weighted by molar-refractivity contribution is -0.121. The van der Waals surface area contributed by atoms with Gasteiger partial charge in [-0.05, 0) is 67.2 Å². The zero-order chi connectivity index (χ0) is 26.5. The molecule has 0 radical (unpaired) electrons. The van der Waals surface area contributed by atoms with E-state index in [1.54, 1.807) is 19.1 Å². The zero-order valence-corrected chi connectivity index (χ0v) is 22.4. The number of aliphatic imine (C=N–C) groups is 1. The first kappa shape index (κ1) is 25.5. The Morgan fingerprint density at radius 3 is 2.45 bits per heavy atom. The van der Waals surface area contributed by atoms with Crippen molar-refractivity contribution in [2.24, 2.45) is 4.99 Å². The van der Waals surface area contributed by atoms with Crippen molar-refractivity contribution in [2.75, 3.05) is 27.4 Å². The average Bonchev–Trinajstić information content (AvgIpc) is 3.42. The molecule has 4 aromatic rings. The second-order valence-corrected chi connectivity index (χ2v) is 9.60. The molecule has 0 saturated carbocycles. The van der Waals surface area contributed by atoms with E-state index in [4.69, 9.17) is 14.2 Å². The van der Waals surface area contributed by atoms with Gasteiger partial charge in [0.05, 0.1) is 30.9 Å². The molecule has 0 aliphatic carbocycles. The molecule has 0 N–H and O–H groups in total. The van der Waals surface area contributed by atoms with Crippen LogP contribution < -0.4 is 14.2 Å². The van der Waals surface area contributed by atoms with Gasteiger partial charge >= 0.3 is 0 Å². The first-order valence-corrected chi connectivity index (χ1v) is 13.2. The summed E-state index contributed by atoms with van der Waals surface area (Å²) in [5, 5.41) is 1.71. The molecule has 1 amide bonds. The minimum Gasteiger partial charge on any atom is -0.494 e. The summed E-state index contributed by atoms with van der Waals surface area (Å²) in [6.07, 6.45) is 4.02. The van der Waals surface area contributed by atoms with E-state index in [0.717, 1.165) is 27.9 Å². The number of carbonyl (C=O) groups excluding carboxylic acids is 1. The molecule has 0 spiro atoms. The molecular formula is C30H29N3O4S. The van der Waals surface area contributed by atoms with E-state index in [-0.39, 0.29) is 5.91 Å². The number of thioether (sulfide) groups is 1. The lowest BCUT2D eigenvalue weighted by Crippen LogP contribution is -2.23. The lowest BCUT2D eigenvalue weighted by atomic mass is 10.1. The maximum absolute atomic E-state index is 13.1. The second kappa shape index (κ2) is 11.5. The predicted octanol–water partition coefficient (Wildman–Crippen LogP) is 6.36. The highest BCUT2D eigenvalue weighted by Crippen LogP contribution is 2.35. The van der Waals surface area contributed by atoms with E-state index >= 15 is 0 Å². The van der Waals surface area contributed by atoms with Crippen molar-refractivity contribution in [1.29, 1.82) is 0 Å². The van der Waals surface area contributed by atoms with Gasteiger partial charge in [-0.2, -0.15) is 0 Å². The molecule has 8 heteroatoms. The third kappa shape index (κ3) is 5.40. The number of rotatable bonds is 9. The van der Waals surface area contributed by atoms with Crippen molar-refractivity contribution in [3.63, 3.8) is 0 Å². The molecule has 1 saturated heterocycles. The fraction of sp³-hybridized carbons (Fsp3) is 0.200. The fourth-order valence-electron chi connectivity index (χ4n) is 4.25. The Morgan fingerprint density at radius 1 is 0.947 bits per heavy atom. The van der Waals surface area contributed by atoms with E-state index in [1.165, 1.54) is 11.8 Å². The first-order valence-electron chi connectivity index (χ1n) is 12.4. The Balaban J connectivity index is 1.36. The number of para-hydroxylation sites is 3. The number of amides is 1. The minimum atomic E-state index is -0.0731. The van der Waals surface area contributed by atoms with Gasteiger partial charge in [0.25, 0.3) is 5.91 Å². The molecule has 0 bridgehead atoms. The third-order valence-electron chi connectivity index (χ3n) is 6.14. The highest BCUT2D eigenvalue weighted by atomic mass is 32.2. The number of hydrogen-bond acceptors (Lipinski definition) is 6. The van der Waals surface area contributed by atoms with Crippen molar-refractivity contribution < 1.29 is 19.0 Å². The number of nitrogens with zero attached hydrogens (tertiary/aromatic N) is 3. The van der Waals surface area contributed by atoms with Gasteiger partial charge in [0.15, 0.2) is 16.7 Å². The molecule has 194 valence electrons. The Labute approximate surface area is 226 Å². The summed E-state index contributed by atoms with van der Waals surface area (Å²) < 4.78 is 19.0. The number of likely N-dealkylation sites (N-methyl/N-ethyl adjacent to an activating group) is 1. The van der Waals surface area contributed by atoms with E-state index in [1.807, 2.05) is 73.7 Å². The molecule has 0 unspecified atom stereocenters. The van der Waals surface area contributed by atoms with Gasteiger partial charge in [-0.1, -0.05) is 30.3 Å². The van der Waals surface area contributed by atoms with Crippen LogP contribution in [0.15, 0.2) is 88.9 Å². The van der Waals surface area contributed by atoms with Crippen molar-refractivity contribution in [1.82, 2.24) is 9.47 Å². The average molecular weight is 528 g/mol. The summed E-state index contributed by atoms with van der Waals surface area (Å²) in [6.45, 7) is 3.68. The Bertz CT molecular complexity index is 1510. The monoisotopic (exact) mass is 527 g/mol. The molecule has 1 aliphatic heterocycles. The maximum atomic E-state index is 13.1. The third-order valence-corrected chi connectivity index (χ3v) is 7.20. The Hall–Kier alpha value is -4.17. The number of carbonyl (C=O) groups is 1. The predicted molar refractivity (Wildman–Crippen MR) is 153 cm³/mol. The second-order valence-electron chi connectivity index (χ2n) is 8.59. The van der Waals surface area contributed by atoms with E-state index in [9.17, 15) is 4.79 Å². The summed E-state index contributed by atoms with van der Waals surface area (Å²) in [6, 6.07) is 23.3. The number of aromatic nitrogens is 1. The van der Waals surface area contributed by atoms with Crippen molar-refractivity contribution in [2.45, 2.75) is 13.5 Å². The number of fused-ring (bicyclic) bond motifs is 1. The minimum absolute atomic E-state index is 0.0731. The lowest BCUT2D eigenvalue weighted by Gasteiger charge is -2.11. The van der Waals surface area contributed by atoms with Crippen LogP contribution in [0.4, 0.5) is 5.69 Å². The molecule has 0 atom stereocenters. The van der Waals surface area contributed by atoms with Crippen LogP contribution in [-0.2, 0) is 11.3 Å². The summed E-state index contributed by atoms with van der Waals surface area (Å²) in [5.74, 6) is 2.14. The van der Waals surface area contributed by atoms with Crippen LogP contribution >= 0.6 is 11.8 Å². The van der Waals surface area contributed by atoms with Gasteiger partial charge in [0, 0.05) is 29.7 Å². The molecule has 2 heterocycles. The quantitative estimate of drug-likeness (QED) is 0.237. The number of hydrogen-bond donors (Lipinski definition) is 0. The number of benzene rings is 3. The van der Waals surface area contributed by atoms with Crippen LogP contribution in [0.25, 0.3) is 17.0 Å². The smallest absolute Gasteiger partial charge is 0.266 e. The van der Waals surface area contributed by atoms with Crippen LogP contribution in [0.3, 0.4) is 0 Å². The van der Waals surface area contributed by atoms with Crippen LogP contribution in [0.2, 0.25) is 0 Å². The van der Waals surface area contributed by atoms with E-state index in [2.05, 4.69) is 27.9 Å². The number of methoxy groups -OCH3 is 1. The SMILES string of the molecule is CCOc1ccc(N=C2S/C(=C/c3cn(CCOc4ccccc4OC)c4ccccc34)C(=O)N2C)cc1. The van der Waals surface area contributed by atoms with Crippen LogP contribution in [-0.4, -0.2) is 47.9 Å². The van der Waals surface area contributed by atoms with Crippen molar-refractivity contribution in [3.05, 3.63) is 89.5 Å². The van der Waals surface area contributed by atoms with Crippen molar-refractivity contribution >= 4 is 45.5 Å². The summed E-state index contributed by atoms with van der Waals surface area (Å²) in [4.78, 5) is 20.0. The molecule has 1 aromatic heterocycles. The molecule has 38 heavy (non-hydrogen) atoms. The molecule has 5 rings (SSSR count). The molecule has 1 fully saturated rings. The fourth-order valence-corrected chi connectivity index (χ4v) is 5.23. The van der Waals surface area contributed by atoms with Crippen LogP contribution in [0, 0.1) is 0 Å². The van der Waals surface area contributed by atoms with Gasteiger partial charge in [0.2, 0.25) is 0 Å². The van der Waals surface area contributed by atoms with Gasteiger partial charge in [0.1, 0.15) is 12.4 Å². The Morgan fingerprint density at radius 2 is 1.68 bits per heavy atom.